The lowest BCUT2D eigenvalue weighted by molar-refractivity contribution is 0.437. The zero-order valence-corrected chi connectivity index (χ0v) is 16.1. The van der Waals surface area contributed by atoms with Crippen molar-refractivity contribution >= 4 is 11.0 Å². The highest BCUT2D eigenvalue weighted by Gasteiger charge is 2.06. The molecule has 0 N–H and O–H groups in total. The van der Waals surface area contributed by atoms with Crippen LogP contribution in [0.3, 0.4) is 0 Å². The maximum Gasteiger partial charge on any atom is 0.134 e. The maximum atomic E-state index is 5.77. The number of benzene rings is 1. The van der Waals surface area contributed by atoms with E-state index in [2.05, 4.69) is 52.0 Å². The molecule has 1 heteroatoms. The standard InChI is InChI=1S/C20H30O.C2H6/c1-5-19-14-18-13-17(11-12-20(18)21-19)10-9-16(4)8-6-7-15(2)3;1-2/h11-16H,5-10H2,1-4H3;1-2H3. The van der Waals surface area contributed by atoms with Crippen LogP contribution in [-0.2, 0) is 12.8 Å². The van der Waals surface area contributed by atoms with Gasteiger partial charge in [0, 0.05) is 11.8 Å². The molecule has 0 amide bonds. The predicted molar refractivity (Wildman–Crippen MR) is 103 cm³/mol. The van der Waals surface area contributed by atoms with Gasteiger partial charge in [-0.15, -0.1) is 0 Å². The average Bonchev–Trinajstić information content (AvgIpc) is 2.96. The molecule has 1 aromatic carbocycles. The Kier molecular flexibility index (Phi) is 9.06. The number of hydrogen-bond donors (Lipinski definition) is 0. The molecule has 0 spiro atoms. The fourth-order valence-electron chi connectivity index (χ4n) is 2.91. The van der Waals surface area contributed by atoms with Gasteiger partial charge in [0.15, 0.2) is 0 Å². The number of rotatable bonds is 8. The molecule has 2 aromatic rings. The van der Waals surface area contributed by atoms with Crippen molar-refractivity contribution in [2.45, 2.75) is 80.1 Å². The molecule has 1 atom stereocenters. The van der Waals surface area contributed by atoms with Crippen LogP contribution in [-0.4, -0.2) is 0 Å². The summed E-state index contributed by atoms with van der Waals surface area (Å²) in [5.41, 5.74) is 2.47. The third kappa shape index (κ3) is 6.81. The summed E-state index contributed by atoms with van der Waals surface area (Å²) in [7, 11) is 0. The van der Waals surface area contributed by atoms with Gasteiger partial charge in [0.25, 0.3) is 0 Å². The lowest BCUT2D eigenvalue weighted by Crippen LogP contribution is -1.99. The highest BCUT2D eigenvalue weighted by Crippen LogP contribution is 2.23. The topological polar surface area (TPSA) is 13.1 Å². The van der Waals surface area contributed by atoms with Crippen molar-refractivity contribution in [3.63, 3.8) is 0 Å². The van der Waals surface area contributed by atoms with Gasteiger partial charge >= 0.3 is 0 Å². The summed E-state index contributed by atoms with van der Waals surface area (Å²) in [5, 5.41) is 1.26. The van der Waals surface area contributed by atoms with Crippen molar-refractivity contribution < 1.29 is 4.42 Å². The van der Waals surface area contributed by atoms with Crippen LogP contribution in [0.25, 0.3) is 11.0 Å². The van der Waals surface area contributed by atoms with E-state index in [0.717, 1.165) is 29.6 Å². The average molecular weight is 317 g/mol. The van der Waals surface area contributed by atoms with Gasteiger partial charge in [-0.1, -0.05) is 66.9 Å². The molecule has 0 aliphatic carbocycles. The van der Waals surface area contributed by atoms with Crippen molar-refractivity contribution in [3.8, 4) is 0 Å². The lowest BCUT2D eigenvalue weighted by Gasteiger charge is -2.12. The Hall–Kier alpha value is -1.24. The minimum Gasteiger partial charge on any atom is -0.461 e. The molecule has 2 rings (SSSR count). The van der Waals surface area contributed by atoms with Crippen LogP contribution >= 0.6 is 0 Å². The van der Waals surface area contributed by atoms with Crippen LogP contribution in [0.5, 0.6) is 0 Å². The molecule has 1 nitrogen and oxygen atoms in total. The first-order valence-electron chi connectivity index (χ1n) is 9.59. The van der Waals surface area contributed by atoms with Crippen LogP contribution in [0.2, 0.25) is 0 Å². The predicted octanol–water partition coefficient (Wildman–Crippen LogP) is 7.42. The minimum atomic E-state index is 0.829. The maximum absolute atomic E-state index is 5.77. The van der Waals surface area contributed by atoms with Crippen molar-refractivity contribution in [2.24, 2.45) is 11.8 Å². The van der Waals surface area contributed by atoms with E-state index >= 15 is 0 Å². The molecule has 130 valence electrons. The Morgan fingerprint density at radius 3 is 2.35 bits per heavy atom. The molecular weight excluding hydrogens is 280 g/mol. The molecule has 0 aliphatic rings. The van der Waals surface area contributed by atoms with Gasteiger partial charge in [0.1, 0.15) is 11.3 Å². The van der Waals surface area contributed by atoms with E-state index < -0.39 is 0 Å². The SMILES string of the molecule is CC.CCc1cc2cc(CCC(C)CCCC(C)C)ccc2o1. The molecule has 23 heavy (non-hydrogen) atoms. The number of aryl methyl sites for hydroxylation is 2. The summed E-state index contributed by atoms with van der Waals surface area (Å²) in [6, 6.07) is 8.85. The summed E-state index contributed by atoms with van der Waals surface area (Å²) in [6.07, 6.45) is 7.56. The number of hydrogen-bond acceptors (Lipinski definition) is 1. The summed E-state index contributed by atoms with van der Waals surface area (Å²) in [5.74, 6) is 2.76. The van der Waals surface area contributed by atoms with E-state index in [-0.39, 0.29) is 0 Å². The second-order valence-electron chi connectivity index (χ2n) is 6.91. The summed E-state index contributed by atoms with van der Waals surface area (Å²) < 4.78 is 5.77. The number of fused-ring (bicyclic) bond motifs is 1. The van der Waals surface area contributed by atoms with Gasteiger partial charge in [-0.3, -0.25) is 0 Å². The third-order valence-electron chi connectivity index (χ3n) is 4.38. The molecule has 1 aromatic heterocycles. The van der Waals surface area contributed by atoms with E-state index in [1.165, 1.54) is 43.1 Å². The fourth-order valence-corrected chi connectivity index (χ4v) is 2.91. The third-order valence-corrected chi connectivity index (χ3v) is 4.38. The van der Waals surface area contributed by atoms with Gasteiger partial charge in [0.2, 0.25) is 0 Å². The second kappa shape index (κ2) is 10.5. The van der Waals surface area contributed by atoms with Crippen LogP contribution in [0.1, 0.15) is 78.5 Å². The zero-order valence-electron chi connectivity index (χ0n) is 16.1. The van der Waals surface area contributed by atoms with E-state index in [9.17, 15) is 0 Å². The van der Waals surface area contributed by atoms with E-state index in [1.807, 2.05) is 13.8 Å². The van der Waals surface area contributed by atoms with Crippen LogP contribution in [0, 0.1) is 11.8 Å². The summed E-state index contributed by atoms with van der Waals surface area (Å²) in [6.45, 7) is 13.2. The molecule has 1 heterocycles. The van der Waals surface area contributed by atoms with Crippen LogP contribution < -0.4 is 0 Å². The highest BCUT2D eigenvalue weighted by molar-refractivity contribution is 5.78. The second-order valence-corrected chi connectivity index (χ2v) is 6.91. The van der Waals surface area contributed by atoms with Crippen molar-refractivity contribution in [1.82, 2.24) is 0 Å². The summed E-state index contributed by atoms with van der Waals surface area (Å²) >= 11 is 0. The molecule has 0 aliphatic heterocycles. The first-order valence-corrected chi connectivity index (χ1v) is 9.59. The monoisotopic (exact) mass is 316 g/mol. The minimum absolute atomic E-state index is 0.829. The van der Waals surface area contributed by atoms with Crippen molar-refractivity contribution in [3.05, 3.63) is 35.6 Å². The van der Waals surface area contributed by atoms with E-state index in [0.29, 0.717) is 0 Å². The lowest BCUT2D eigenvalue weighted by atomic mass is 9.94. The normalized spacial score (nSPS) is 12.3. The largest absolute Gasteiger partial charge is 0.461 e. The molecular formula is C22H36O. The smallest absolute Gasteiger partial charge is 0.134 e. The molecule has 0 radical (unpaired) electrons. The van der Waals surface area contributed by atoms with Gasteiger partial charge < -0.3 is 4.42 Å². The van der Waals surface area contributed by atoms with Gasteiger partial charge in [-0.25, -0.2) is 0 Å². The first kappa shape index (κ1) is 19.8. The Morgan fingerprint density at radius 2 is 1.70 bits per heavy atom. The van der Waals surface area contributed by atoms with Crippen LogP contribution in [0.15, 0.2) is 28.7 Å². The Bertz CT molecular complexity index is 550. The van der Waals surface area contributed by atoms with Gasteiger partial charge in [-0.05, 0) is 48.4 Å². The van der Waals surface area contributed by atoms with Crippen LogP contribution in [0.4, 0.5) is 0 Å². The molecule has 1 unspecified atom stereocenters. The van der Waals surface area contributed by atoms with E-state index in [1.54, 1.807) is 0 Å². The molecule has 0 fully saturated rings. The van der Waals surface area contributed by atoms with E-state index in [4.69, 9.17) is 4.42 Å². The quantitative estimate of drug-likeness (QED) is 0.494. The Labute approximate surface area is 143 Å². The van der Waals surface area contributed by atoms with Gasteiger partial charge in [-0.2, -0.15) is 0 Å². The zero-order chi connectivity index (χ0) is 17.2. The highest BCUT2D eigenvalue weighted by atomic mass is 16.3. The Balaban J connectivity index is 0.00000127. The van der Waals surface area contributed by atoms with Crippen molar-refractivity contribution in [2.75, 3.05) is 0 Å². The van der Waals surface area contributed by atoms with Gasteiger partial charge in [0.05, 0.1) is 0 Å². The molecule has 0 bridgehead atoms. The summed E-state index contributed by atoms with van der Waals surface area (Å²) in [4.78, 5) is 0. The fraction of sp³-hybridized carbons (Fsp3) is 0.636. The molecule has 0 saturated carbocycles. The Morgan fingerprint density at radius 1 is 0.957 bits per heavy atom. The number of furan rings is 1. The van der Waals surface area contributed by atoms with Crippen molar-refractivity contribution in [1.29, 1.82) is 0 Å². The molecule has 0 saturated heterocycles. The first-order chi connectivity index (χ1) is 11.1.